The minimum Gasteiger partial charge on any atom is -0.493 e. The van der Waals surface area contributed by atoms with Gasteiger partial charge in [0.25, 0.3) is 0 Å². The van der Waals surface area contributed by atoms with Gasteiger partial charge in [-0.15, -0.1) is 0 Å². The van der Waals surface area contributed by atoms with Crippen LogP contribution in [-0.4, -0.2) is 40.8 Å². The van der Waals surface area contributed by atoms with Crippen LogP contribution in [0.3, 0.4) is 0 Å². The lowest BCUT2D eigenvalue weighted by molar-refractivity contribution is 0.121. The molecule has 0 atom stereocenters. The molecule has 1 amide bonds. The van der Waals surface area contributed by atoms with Gasteiger partial charge in [-0.2, -0.15) is 0 Å². The molecule has 0 unspecified atom stereocenters. The molecule has 5 heteroatoms. The number of hydrogen-bond donors (Lipinski definition) is 1. The van der Waals surface area contributed by atoms with Gasteiger partial charge in [0, 0.05) is 25.5 Å². The summed E-state index contributed by atoms with van der Waals surface area (Å²) < 4.78 is 5.61. The number of carbonyl (C=O) groups is 1. The van der Waals surface area contributed by atoms with E-state index in [1.54, 1.807) is 12.4 Å². The van der Waals surface area contributed by atoms with Gasteiger partial charge < -0.3 is 14.7 Å². The van der Waals surface area contributed by atoms with E-state index in [1.807, 2.05) is 12.1 Å². The molecule has 2 heterocycles. The fourth-order valence-corrected chi connectivity index (χ4v) is 2.41. The highest BCUT2D eigenvalue weighted by molar-refractivity contribution is 5.64. The summed E-state index contributed by atoms with van der Waals surface area (Å²) in [5, 5.41) is 8.87. The Morgan fingerprint density at radius 1 is 1.37 bits per heavy atom. The molecule has 5 nitrogen and oxygen atoms in total. The second-order valence-corrected chi connectivity index (χ2v) is 4.89. The Labute approximate surface area is 113 Å². The lowest BCUT2D eigenvalue weighted by Gasteiger charge is -2.29. The fourth-order valence-electron chi connectivity index (χ4n) is 2.41. The number of piperidine rings is 1. The second kappa shape index (κ2) is 6.97. The molecule has 2 rings (SSSR count). The molecule has 0 saturated carbocycles. The zero-order chi connectivity index (χ0) is 13.5. The van der Waals surface area contributed by atoms with E-state index in [0.717, 1.165) is 31.4 Å². The number of hydrogen-bond acceptors (Lipinski definition) is 3. The molecule has 1 aliphatic rings. The van der Waals surface area contributed by atoms with Crippen LogP contribution in [0.15, 0.2) is 24.5 Å². The fraction of sp³-hybridized carbons (Fsp3) is 0.571. The summed E-state index contributed by atoms with van der Waals surface area (Å²) in [6.45, 7) is 2.06. The van der Waals surface area contributed by atoms with Crippen LogP contribution in [0.25, 0.3) is 0 Å². The van der Waals surface area contributed by atoms with Gasteiger partial charge in [-0.1, -0.05) is 0 Å². The van der Waals surface area contributed by atoms with Crippen molar-refractivity contribution in [3.05, 3.63) is 24.5 Å². The quantitative estimate of drug-likeness (QED) is 0.830. The van der Waals surface area contributed by atoms with Gasteiger partial charge in [0.15, 0.2) is 0 Å². The number of carboxylic acid groups (broad SMARTS) is 1. The highest BCUT2D eigenvalue weighted by atomic mass is 16.5. The minimum absolute atomic E-state index is 0.636. The van der Waals surface area contributed by atoms with Crippen molar-refractivity contribution in [2.24, 2.45) is 5.92 Å². The number of pyridine rings is 1. The third-order valence-electron chi connectivity index (χ3n) is 3.56. The van der Waals surface area contributed by atoms with Gasteiger partial charge in [-0.05, 0) is 43.7 Å². The third-order valence-corrected chi connectivity index (χ3v) is 3.56. The van der Waals surface area contributed by atoms with E-state index in [0.29, 0.717) is 25.6 Å². The van der Waals surface area contributed by atoms with Crippen molar-refractivity contribution in [2.45, 2.75) is 25.7 Å². The first-order valence-corrected chi connectivity index (χ1v) is 6.76. The lowest BCUT2D eigenvalue weighted by Crippen LogP contribution is -2.37. The molecule has 0 bridgehead atoms. The van der Waals surface area contributed by atoms with Crippen LogP contribution in [0.5, 0.6) is 5.75 Å². The summed E-state index contributed by atoms with van der Waals surface area (Å²) in [5.41, 5.74) is 0. The Morgan fingerprint density at radius 3 is 2.68 bits per heavy atom. The molecule has 1 aromatic heterocycles. The summed E-state index contributed by atoms with van der Waals surface area (Å²) in [6, 6.07) is 3.71. The maximum atomic E-state index is 10.8. The maximum absolute atomic E-state index is 10.8. The Morgan fingerprint density at radius 2 is 2.05 bits per heavy atom. The topological polar surface area (TPSA) is 62.7 Å². The molecular formula is C14H20N2O3. The van der Waals surface area contributed by atoms with Crippen LogP contribution in [0.1, 0.15) is 25.7 Å². The van der Waals surface area contributed by atoms with Gasteiger partial charge >= 0.3 is 6.09 Å². The molecular weight excluding hydrogens is 244 g/mol. The minimum atomic E-state index is -0.792. The lowest BCUT2D eigenvalue weighted by atomic mass is 9.92. The van der Waals surface area contributed by atoms with Crippen LogP contribution in [0.2, 0.25) is 0 Å². The molecule has 0 aromatic carbocycles. The maximum Gasteiger partial charge on any atom is 0.407 e. The number of nitrogens with zero attached hydrogens (tertiary/aromatic N) is 2. The summed E-state index contributed by atoms with van der Waals surface area (Å²) >= 11 is 0. The number of aromatic nitrogens is 1. The average molecular weight is 264 g/mol. The second-order valence-electron chi connectivity index (χ2n) is 4.89. The van der Waals surface area contributed by atoms with Crippen molar-refractivity contribution in [1.29, 1.82) is 0 Å². The SMILES string of the molecule is O=C(O)N1CCC(CCCOc2ccncc2)CC1. The Hall–Kier alpha value is -1.78. The van der Waals surface area contributed by atoms with Crippen LogP contribution >= 0.6 is 0 Å². The predicted molar refractivity (Wildman–Crippen MR) is 71.3 cm³/mol. The highest BCUT2D eigenvalue weighted by Gasteiger charge is 2.21. The van der Waals surface area contributed by atoms with Gasteiger partial charge in [-0.25, -0.2) is 4.79 Å². The van der Waals surface area contributed by atoms with Crippen LogP contribution in [0, 0.1) is 5.92 Å². The monoisotopic (exact) mass is 264 g/mol. The normalized spacial score (nSPS) is 16.3. The van der Waals surface area contributed by atoms with E-state index < -0.39 is 6.09 Å². The van der Waals surface area contributed by atoms with Crippen LogP contribution < -0.4 is 4.74 Å². The number of rotatable bonds is 5. The molecule has 0 spiro atoms. The number of amides is 1. The van der Waals surface area contributed by atoms with Crippen molar-refractivity contribution in [3.63, 3.8) is 0 Å². The zero-order valence-electron chi connectivity index (χ0n) is 11.0. The Kier molecular flexibility index (Phi) is 5.01. The standard InChI is InChI=1S/C14H20N2O3/c17-14(18)16-9-5-12(6-10-16)2-1-11-19-13-3-7-15-8-4-13/h3-4,7-8,12H,1-2,5-6,9-11H2,(H,17,18). The zero-order valence-corrected chi connectivity index (χ0v) is 11.0. The first kappa shape index (κ1) is 13.6. The first-order valence-electron chi connectivity index (χ1n) is 6.76. The van der Waals surface area contributed by atoms with Crippen molar-refractivity contribution < 1.29 is 14.6 Å². The number of likely N-dealkylation sites (tertiary alicyclic amines) is 1. The first-order chi connectivity index (χ1) is 9.25. The molecule has 1 aliphatic heterocycles. The molecule has 104 valence electrons. The molecule has 0 aliphatic carbocycles. The molecule has 1 saturated heterocycles. The van der Waals surface area contributed by atoms with Crippen molar-refractivity contribution in [2.75, 3.05) is 19.7 Å². The number of ether oxygens (including phenoxy) is 1. The highest BCUT2D eigenvalue weighted by Crippen LogP contribution is 2.22. The Balaban J connectivity index is 1.58. The summed E-state index contributed by atoms with van der Waals surface area (Å²) in [7, 11) is 0. The van der Waals surface area contributed by atoms with E-state index in [9.17, 15) is 4.79 Å². The molecule has 1 N–H and O–H groups in total. The van der Waals surface area contributed by atoms with Gasteiger partial charge in [0.2, 0.25) is 0 Å². The molecule has 1 aromatic rings. The smallest absolute Gasteiger partial charge is 0.407 e. The van der Waals surface area contributed by atoms with Crippen LogP contribution in [-0.2, 0) is 0 Å². The molecule has 0 radical (unpaired) electrons. The molecule has 1 fully saturated rings. The van der Waals surface area contributed by atoms with Crippen molar-refractivity contribution in [1.82, 2.24) is 9.88 Å². The Bertz CT molecular complexity index is 389. The van der Waals surface area contributed by atoms with E-state index >= 15 is 0 Å². The van der Waals surface area contributed by atoms with E-state index in [-0.39, 0.29) is 0 Å². The van der Waals surface area contributed by atoms with Gasteiger partial charge in [0.05, 0.1) is 6.61 Å². The van der Waals surface area contributed by atoms with E-state index in [1.165, 1.54) is 4.90 Å². The summed E-state index contributed by atoms with van der Waals surface area (Å²) in [4.78, 5) is 16.2. The van der Waals surface area contributed by atoms with Crippen molar-refractivity contribution >= 4 is 6.09 Å². The third kappa shape index (κ3) is 4.43. The van der Waals surface area contributed by atoms with Crippen LogP contribution in [0.4, 0.5) is 4.79 Å². The summed E-state index contributed by atoms with van der Waals surface area (Å²) in [5.74, 6) is 1.49. The van der Waals surface area contributed by atoms with E-state index in [2.05, 4.69) is 4.98 Å². The van der Waals surface area contributed by atoms with Crippen molar-refractivity contribution in [3.8, 4) is 5.75 Å². The summed E-state index contributed by atoms with van der Waals surface area (Å²) in [6.07, 6.45) is 6.72. The predicted octanol–water partition coefficient (Wildman–Crippen LogP) is 2.63. The van der Waals surface area contributed by atoms with E-state index in [4.69, 9.17) is 9.84 Å². The van der Waals surface area contributed by atoms with Gasteiger partial charge in [0.1, 0.15) is 5.75 Å². The average Bonchev–Trinajstić information content (AvgIpc) is 2.45. The molecule has 19 heavy (non-hydrogen) atoms. The largest absolute Gasteiger partial charge is 0.493 e. The van der Waals surface area contributed by atoms with Gasteiger partial charge in [-0.3, -0.25) is 4.98 Å².